The molecule has 106 valence electrons. The van der Waals surface area contributed by atoms with Crippen molar-refractivity contribution in [1.29, 1.82) is 0 Å². The molecule has 0 unspecified atom stereocenters. The zero-order valence-electron chi connectivity index (χ0n) is 10.8. The van der Waals surface area contributed by atoms with Crippen molar-refractivity contribution in [2.24, 2.45) is 0 Å². The average Bonchev–Trinajstić information content (AvgIpc) is 2.39. The fraction of sp³-hybridized carbons (Fsp3) is 0. The Labute approximate surface area is 144 Å². The molecule has 2 aromatic rings. The van der Waals surface area contributed by atoms with Crippen LogP contribution in [0, 0.1) is 0 Å². The van der Waals surface area contributed by atoms with Gasteiger partial charge in [-0.1, -0.05) is 35.3 Å². The maximum Gasteiger partial charge on any atom is 0.335 e. The van der Waals surface area contributed by atoms with Gasteiger partial charge in [0.2, 0.25) is 0 Å². The Morgan fingerprint density at radius 1 is 0.762 bits per heavy atom. The van der Waals surface area contributed by atoms with E-state index in [-0.39, 0.29) is 30.6 Å². The Morgan fingerprint density at radius 3 is 1.29 bits per heavy atom. The quantitative estimate of drug-likeness (QED) is 0.773. The predicted molar refractivity (Wildman–Crippen MR) is 76.8 cm³/mol. The largest absolute Gasteiger partial charge is 0.478 e. The number of halogens is 2. The van der Waals surface area contributed by atoms with Crippen LogP contribution in [0.5, 0.6) is 0 Å². The van der Waals surface area contributed by atoms with Crippen LogP contribution in [0.25, 0.3) is 0 Å². The molecule has 21 heavy (non-hydrogen) atoms. The maximum atomic E-state index is 10.3. The first kappa shape index (κ1) is 19.6. The average molecular weight is 379 g/mol. The molecule has 0 aliphatic rings. The standard InChI is InChI=1S/2C7H5ClO2.Zn/c2*8-6-3-1-2-5(4-6)7(9)10;/h2*1-4H,(H,9,10);. The van der Waals surface area contributed by atoms with Crippen LogP contribution < -0.4 is 0 Å². The Morgan fingerprint density at radius 2 is 1.10 bits per heavy atom. The van der Waals surface area contributed by atoms with Crippen LogP contribution in [0.3, 0.4) is 0 Å². The molecule has 0 fully saturated rings. The van der Waals surface area contributed by atoms with Crippen LogP contribution in [0.1, 0.15) is 20.7 Å². The fourth-order valence-electron chi connectivity index (χ4n) is 1.24. The first-order valence-corrected chi connectivity index (χ1v) is 6.13. The van der Waals surface area contributed by atoms with Crippen LogP contribution in [0.15, 0.2) is 48.5 Å². The van der Waals surface area contributed by atoms with Crippen LogP contribution in [0.2, 0.25) is 10.0 Å². The SMILES string of the molecule is O=C(O)c1cccc(Cl)c1.O=C(O)c1cccc(Cl)c1.[Zn]. The topological polar surface area (TPSA) is 74.6 Å². The molecule has 0 saturated heterocycles. The van der Waals surface area contributed by atoms with Gasteiger partial charge in [-0.25, -0.2) is 9.59 Å². The monoisotopic (exact) mass is 376 g/mol. The van der Waals surface area contributed by atoms with Crippen molar-refractivity contribution in [3.8, 4) is 0 Å². The molecule has 0 aliphatic heterocycles. The molecule has 0 bridgehead atoms. The van der Waals surface area contributed by atoms with Crippen LogP contribution >= 0.6 is 23.2 Å². The van der Waals surface area contributed by atoms with E-state index < -0.39 is 11.9 Å². The van der Waals surface area contributed by atoms with Gasteiger partial charge in [0.1, 0.15) is 0 Å². The molecular weight excluding hydrogens is 368 g/mol. The first-order valence-electron chi connectivity index (χ1n) is 5.38. The van der Waals surface area contributed by atoms with Crippen molar-refractivity contribution < 1.29 is 39.3 Å². The zero-order valence-corrected chi connectivity index (χ0v) is 15.3. The van der Waals surface area contributed by atoms with Gasteiger partial charge < -0.3 is 10.2 Å². The van der Waals surface area contributed by atoms with Gasteiger partial charge in [-0.3, -0.25) is 0 Å². The van der Waals surface area contributed by atoms with Gasteiger partial charge in [-0.2, -0.15) is 0 Å². The number of carboxylic acids is 2. The van der Waals surface area contributed by atoms with Gasteiger partial charge >= 0.3 is 11.9 Å². The second-order valence-corrected chi connectivity index (χ2v) is 4.50. The summed E-state index contributed by atoms with van der Waals surface area (Å²) in [6.07, 6.45) is 0. The summed E-state index contributed by atoms with van der Waals surface area (Å²) in [6, 6.07) is 12.3. The molecule has 2 rings (SSSR count). The summed E-state index contributed by atoms with van der Waals surface area (Å²) >= 11 is 11.1. The third kappa shape index (κ3) is 7.23. The van der Waals surface area contributed by atoms with Gasteiger partial charge in [0.25, 0.3) is 0 Å². The molecule has 0 amide bonds. The molecule has 0 atom stereocenters. The molecule has 2 N–H and O–H groups in total. The van der Waals surface area contributed by atoms with Gasteiger partial charge in [0.05, 0.1) is 11.1 Å². The van der Waals surface area contributed by atoms with Crippen molar-refractivity contribution >= 4 is 35.1 Å². The molecule has 0 saturated carbocycles. The van der Waals surface area contributed by atoms with E-state index in [9.17, 15) is 9.59 Å². The zero-order chi connectivity index (χ0) is 15.1. The Balaban J connectivity index is 0.000000364. The first-order chi connectivity index (χ1) is 9.40. The number of hydrogen-bond donors (Lipinski definition) is 2. The molecule has 0 heterocycles. The van der Waals surface area contributed by atoms with E-state index in [4.69, 9.17) is 33.4 Å². The Kier molecular flexibility index (Phi) is 8.87. The van der Waals surface area contributed by atoms with E-state index in [2.05, 4.69) is 0 Å². The molecule has 0 aromatic heterocycles. The summed E-state index contributed by atoms with van der Waals surface area (Å²) in [5, 5.41) is 17.8. The fourth-order valence-corrected chi connectivity index (χ4v) is 1.62. The van der Waals surface area contributed by atoms with E-state index in [1.807, 2.05) is 0 Å². The Bertz CT molecular complexity index is 576. The number of carboxylic acid groups (broad SMARTS) is 2. The van der Waals surface area contributed by atoms with E-state index in [0.29, 0.717) is 10.0 Å². The maximum absolute atomic E-state index is 10.3. The summed E-state index contributed by atoms with van der Waals surface area (Å²) in [5.74, 6) is -1.91. The van der Waals surface area contributed by atoms with E-state index in [1.165, 1.54) is 24.3 Å². The summed E-state index contributed by atoms with van der Waals surface area (Å²) in [5.41, 5.74) is 0.431. The van der Waals surface area contributed by atoms with E-state index >= 15 is 0 Å². The summed E-state index contributed by atoms with van der Waals surface area (Å²) in [4.78, 5) is 20.6. The predicted octanol–water partition coefficient (Wildman–Crippen LogP) is 4.07. The molecule has 7 heteroatoms. The summed E-state index contributed by atoms with van der Waals surface area (Å²) in [7, 11) is 0. The van der Waals surface area contributed by atoms with Crippen molar-refractivity contribution in [3.63, 3.8) is 0 Å². The van der Waals surface area contributed by atoms with Crippen molar-refractivity contribution in [2.45, 2.75) is 0 Å². The van der Waals surface area contributed by atoms with Crippen LogP contribution in [0.4, 0.5) is 0 Å². The van der Waals surface area contributed by atoms with E-state index in [1.54, 1.807) is 24.3 Å². The molecule has 0 radical (unpaired) electrons. The minimum atomic E-state index is -0.956. The normalized spacial score (nSPS) is 8.86. The second-order valence-electron chi connectivity index (χ2n) is 3.63. The van der Waals surface area contributed by atoms with Gasteiger partial charge in [-0.05, 0) is 36.4 Å². The third-order valence-corrected chi connectivity index (χ3v) is 2.61. The van der Waals surface area contributed by atoms with Crippen LogP contribution in [-0.4, -0.2) is 22.2 Å². The minimum Gasteiger partial charge on any atom is -0.478 e. The van der Waals surface area contributed by atoms with Crippen molar-refractivity contribution in [3.05, 3.63) is 69.7 Å². The minimum absolute atomic E-state index is 0. The number of hydrogen-bond acceptors (Lipinski definition) is 2. The van der Waals surface area contributed by atoms with Gasteiger partial charge in [-0.15, -0.1) is 0 Å². The summed E-state index contributed by atoms with van der Waals surface area (Å²) in [6.45, 7) is 0. The summed E-state index contributed by atoms with van der Waals surface area (Å²) < 4.78 is 0. The third-order valence-electron chi connectivity index (χ3n) is 2.14. The molecule has 2 aromatic carbocycles. The number of aromatic carboxylic acids is 2. The van der Waals surface area contributed by atoms with Crippen molar-refractivity contribution in [1.82, 2.24) is 0 Å². The van der Waals surface area contributed by atoms with Crippen molar-refractivity contribution in [2.75, 3.05) is 0 Å². The van der Waals surface area contributed by atoms with Gasteiger partial charge in [0.15, 0.2) is 0 Å². The molecule has 4 nitrogen and oxygen atoms in total. The second kappa shape index (κ2) is 9.51. The van der Waals surface area contributed by atoms with Gasteiger partial charge in [0, 0.05) is 29.5 Å². The number of benzene rings is 2. The van der Waals surface area contributed by atoms with E-state index in [0.717, 1.165) is 0 Å². The molecular formula is C14H10Cl2O4Zn. The number of carbonyl (C=O) groups is 2. The molecule has 0 aliphatic carbocycles. The van der Waals surface area contributed by atoms with Crippen LogP contribution in [-0.2, 0) is 19.5 Å². The number of rotatable bonds is 2. The molecule has 0 spiro atoms. The smallest absolute Gasteiger partial charge is 0.335 e. The Hall–Kier alpha value is -1.42.